The molecule has 0 spiro atoms. The monoisotopic (exact) mass is 251 g/mol. The average molecular weight is 251 g/mol. The van der Waals surface area contributed by atoms with E-state index >= 15 is 0 Å². The normalized spacial score (nSPS) is 26.2. The van der Waals surface area contributed by atoms with Crippen LogP contribution in [0.2, 0.25) is 0 Å². The van der Waals surface area contributed by atoms with Gasteiger partial charge in [-0.1, -0.05) is 6.92 Å². The minimum Gasteiger partial charge on any atom is -0.372 e. The number of nitrogens with zero attached hydrogens (tertiary/aromatic N) is 2. The molecule has 3 unspecified atom stereocenters. The van der Waals surface area contributed by atoms with E-state index in [1.54, 1.807) is 0 Å². The molecule has 102 valence electrons. The van der Waals surface area contributed by atoms with Crippen LogP contribution in [0.25, 0.3) is 0 Å². The fraction of sp³-hybridized carbons (Fsp3) is 0.786. The van der Waals surface area contributed by atoms with Gasteiger partial charge in [0.25, 0.3) is 0 Å². The molecule has 0 aromatic carbocycles. The molecular weight excluding hydrogens is 226 g/mol. The number of aromatic nitrogens is 2. The molecule has 0 saturated heterocycles. The summed E-state index contributed by atoms with van der Waals surface area (Å²) in [5.41, 5.74) is 6.98. The Morgan fingerprint density at radius 1 is 1.56 bits per heavy atom. The predicted octanol–water partition coefficient (Wildman–Crippen LogP) is 2.64. The molecule has 1 heterocycles. The lowest BCUT2D eigenvalue weighted by Gasteiger charge is -2.26. The zero-order valence-corrected chi connectivity index (χ0v) is 11.5. The van der Waals surface area contributed by atoms with E-state index in [0.717, 1.165) is 31.4 Å². The first kappa shape index (κ1) is 13.6. The molecule has 1 fully saturated rings. The summed E-state index contributed by atoms with van der Waals surface area (Å²) >= 11 is 0. The largest absolute Gasteiger partial charge is 0.372 e. The molecule has 2 N–H and O–H groups in total. The summed E-state index contributed by atoms with van der Waals surface area (Å²) in [4.78, 5) is 0. The zero-order valence-electron chi connectivity index (χ0n) is 11.5. The molecule has 1 aromatic rings. The number of ether oxygens (including phenoxy) is 1. The Bertz CT molecular complexity index is 364. The summed E-state index contributed by atoms with van der Waals surface area (Å²) in [7, 11) is 0. The summed E-state index contributed by atoms with van der Waals surface area (Å²) in [5.74, 6) is 0. The number of nitrogens with two attached hydrogens (primary N) is 1. The first-order valence-corrected chi connectivity index (χ1v) is 7.10. The van der Waals surface area contributed by atoms with Gasteiger partial charge in [0.2, 0.25) is 0 Å². The SMILES string of the molecule is CCC(C)n1ccc(COC2CCCC(N)C2)n1. The van der Waals surface area contributed by atoms with Gasteiger partial charge in [0.05, 0.1) is 18.4 Å². The van der Waals surface area contributed by atoms with Crippen molar-refractivity contribution in [3.05, 3.63) is 18.0 Å². The lowest BCUT2D eigenvalue weighted by atomic mass is 9.94. The van der Waals surface area contributed by atoms with Gasteiger partial charge in [0.15, 0.2) is 0 Å². The van der Waals surface area contributed by atoms with Gasteiger partial charge in [-0.05, 0) is 45.1 Å². The topological polar surface area (TPSA) is 53.1 Å². The second-order valence-electron chi connectivity index (χ2n) is 5.40. The molecule has 3 atom stereocenters. The molecule has 2 rings (SSSR count). The van der Waals surface area contributed by atoms with E-state index < -0.39 is 0 Å². The number of rotatable bonds is 5. The molecule has 0 aliphatic heterocycles. The molecule has 0 bridgehead atoms. The molecule has 18 heavy (non-hydrogen) atoms. The van der Waals surface area contributed by atoms with Crippen molar-refractivity contribution in [1.29, 1.82) is 0 Å². The summed E-state index contributed by atoms with van der Waals surface area (Å²) < 4.78 is 7.93. The van der Waals surface area contributed by atoms with Crippen LogP contribution in [0, 0.1) is 0 Å². The van der Waals surface area contributed by atoms with Gasteiger partial charge in [-0.2, -0.15) is 5.10 Å². The lowest BCUT2D eigenvalue weighted by Crippen LogP contribution is -2.32. The highest BCUT2D eigenvalue weighted by molar-refractivity contribution is 4.98. The van der Waals surface area contributed by atoms with Crippen molar-refractivity contribution in [3.63, 3.8) is 0 Å². The van der Waals surface area contributed by atoms with Gasteiger partial charge in [-0.15, -0.1) is 0 Å². The molecule has 0 radical (unpaired) electrons. The predicted molar refractivity (Wildman–Crippen MR) is 72.2 cm³/mol. The van der Waals surface area contributed by atoms with Crippen LogP contribution in [0.3, 0.4) is 0 Å². The highest BCUT2D eigenvalue weighted by Crippen LogP contribution is 2.20. The Hall–Kier alpha value is -0.870. The van der Waals surface area contributed by atoms with Crippen molar-refractivity contribution in [1.82, 2.24) is 9.78 Å². The van der Waals surface area contributed by atoms with Crippen LogP contribution in [0.4, 0.5) is 0 Å². The van der Waals surface area contributed by atoms with Gasteiger partial charge in [0.1, 0.15) is 0 Å². The second kappa shape index (κ2) is 6.34. The van der Waals surface area contributed by atoms with E-state index in [-0.39, 0.29) is 0 Å². The van der Waals surface area contributed by atoms with Gasteiger partial charge in [0, 0.05) is 18.3 Å². The van der Waals surface area contributed by atoms with Gasteiger partial charge in [-0.25, -0.2) is 0 Å². The first-order chi connectivity index (χ1) is 8.69. The minimum absolute atomic E-state index is 0.321. The molecule has 1 aliphatic carbocycles. The smallest absolute Gasteiger partial charge is 0.0910 e. The molecule has 1 aromatic heterocycles. The Morgan fingerprint density at radius 3 is 3.11 bits per heavy atom. The third-order valence-electron chi connectivity index (χ3n) is 3.84. The van der Waals surface area contributed by atoms with E-state index in [0.29, 0.717) is 24.8 Å². The third-order valence-corrected chi connectivity index (χ3v) is 3.84. The number of hydrogen-bond acceptors (Lipinski definition) is 3. The first-order valence-electron chi connectivity index (χ1n) is 7.10. The van der Waals surface area contributed by atoms with Crippen LogP contribution >= 0.6 is 0 Å². The maximum atomic E-state index is 5.96. The van der Waals surface area contributed by atoms with Crippen LogP contribution in [0.5, 0.6) is 0 Å². The summed E-state index contributed by atoms with van der Waals surface area (Å²) in [6.07, 6.45) is 7.92. The van der Waals surface area contributed by atoms with E-state index in [1.165, 1.54) is 6.42 Å². The van der Waals surface area contributed by atoms with Crippen LogP contribution in [0.1, 0.15) is 57.7 Å². The fourth-order valence-corrected chi connectivity index (χ4v) is 2.42. The molecular formula is C14H25N3O. The highest BCUT2D eigenvalue weighted by atomic mass is 16.5. The Balaban J connectivity index is 1.81. The standard InChI is InChI=1S/C14H25N3O/c1-3-11(2)17-8-7-13(16-17)10-18-14-6-4-5-12(15)9-14/h7-8,11-12,14H,3-6,9-10,15H2,1-2H3. The van der Waals surface area contributed by atoms with Crippen molar-refractivity contribution >= 4 is 0 Å². The van der Waals surface area contributed by atoms with Crippen LogP contribution in [-0.4, -0.2) is 21.9 Å². The van der Waals surface area contributed by atoms with Crippen molar-refractivity contribution in [3.8, 4) is 0 Å². The lowest BCUT2D eigenvalue weighted by molar-refractivity contribution is 0.0104. The van der Waals surface area contributed by atoms with Gasteiger partial charge >= 0.3 is 0 Å². The number of hydrogen-bond donors (Lipinski definition) is 1. The van der Waals surface area contributed by atoms with Gasteiger partial charge in [-0.3, -0.25) is 4.68 Å². The van der Waals surface area contributed by atoms with Crippen LogP contribution in [-0.2, 0) is 11.3 Å². The van der Waals surface area contributed by atoms with E-state index in [9.17, 15) is 0 Å². The second-order valence-corrected chi connectivity index (χ2v) is 5.40. The Kier molecular flexibility index (Phi) is 4.78. The zero-order chi connectivity index (χ0) is 13.0. The summed E-state index contributed by atoms with van der Waals surface area (Å²) in [6, 6.07) is 2.83. The molecule has 1 aliphatic rings. The molecule has 1 saturated carbocycles. The van der Waals surface area contributed by atoms with Crippen molar-refractivity contribution in [2.45, 2.75) is 70.7 Å². The summed E-state index contributed by atoms with van der Waals surface area (Å²) in [5, 5.41) is 4.54. The van der Waals surface area contributed by atoms with E-state index in [2.05, 4.69) is 25.0 Å². The van der Waals surface area contributed by atoms with E-state index in [4.69, 9.17) is 10.5 Å². The highest BCUT2D eigenvalue weighted by Gasteiger charge is 2.19. The van der Waals surface area contributed by atoms with Crippen LogP contribution in [0.15, 0.2) is 12.3 Å². The van der Waals surface area contributed by atoms with Crippen molar-refractivity contribution in [2.24, 2.45) is 5.73 Å². The maximum absolute atomic E-state index is 5.96. The molecule has 0 amide bonds. The van der Waals surface area contributed by atoms with Crippen molar-refractivity contribution in [2.75, 3.05) is 0 Å². The quantitative estimate of drug-likeness (QED) is 0.875. The Labute approximate surface area is 110 Å². The van der Waals surface area contributed by atoms with Crippen LogP contribution < -0.4 is 5.73 Å². The Morgan fingerprint density at radius 2 is 2.39 bits per heavy atom. The van der Waals surface area contributed by atoms with Gasteiger partial charge < -0.3 is 10.5 Å². The van der Waals surface area contributed by atoms with Crippen molar-refractivity contribution < 1.29 is 4.74 Å². The average Bonchev–Trinajstić information content (AvgIpc) is 2.84. The minimum atomic E-state index is 0.321. The summed E-state index contributed by atoms with van der Waals surface area (Å²) in [6.45, 7) is 4.96. The molecule has 4 nitrogen and oxygen atoms in total. The maximum Gasteiger partial charge on any atom is 0.0910 e. The third kappa shape index (κ3) is 3.56. The fourth-order valence-electron chi connectivity index (χ4n) is 2.42. The van der Waals surface area contributed by atoms with E-state index in [1.807, 2.05) is 10.9 Å². The molecule has 4 heteroatoms.